The number of halogens is 1. The molecule has 3 rings (SSSR count). The first-order valence-corrected chi connectivity index (χ1v) is 8.52. The molecule has 25 heavy (non-hydrogen) atoms. The average molecular weight is 359 g/mol. The van der Waals surface area contributed by atoms with E-state index in [4.69, 9.17) is 11.6 Å². The van der Waals surface area contributed by atoms with Gasteiger partial charge in [0.15, 0.2) is 0 Å². The molecule has 0 unspecified atom stereocenters. The predicted molar refractivity (Wildman–Crippen MR) is 96.8 cm³/mol. The van der Waals surface area contributed by atoms with Crippen molar-refractivity contribution < 1.29 is 9.59 Å². The summed E-state index contributed by atoms with van der Waals surface area (Å²) in [6.45, 7) is 1.20. The number of hydrogen-bond donors (Lipinski definition) is 2. The smallest absolute Gasteiger partial charge is 0.321 e. The van der Waals surface area contributed by atoms with Crippen molar-refractivity contribution in [3.63, 3.8) is 0 Å². The molecule has 0 radical (unpaired) electrons. The molecule has 6 nitrogen and oxygen atoms in total. The third kappa shape index (κ3) is 4.70. The fourth-order valence-electron chi connectivity index (χ4n) is 2.73. The van der Waals surface area contributed by atoms with E-state index in [1.165, 1.54) is 0 Å². The van der Waals surface area contributed by atoms with Crippen LogP contribution in [0.3, 0.4) is 0 Å². The molecule has 0 aliphatic carbocycles. The van der Waals surface area contributed by atoms with Crippen molar-refractivity contribution in [1.29, 1.82) is 0 Å². The molecule has 2 aromatic rings. The van der Waals surface area contributed by atoms with Crippen molar-refractivity contribution in [1.82, 2.24) is 15.2 Å². The van der Waals surface area contributed by atoms with E-state index in [1.54, 1.807) is 53.7 Å². The molecule has 0 saturated carbocycles. The normalized spacial score (nSPS) is 14.8. The van der Waals surface area contributed by atoms with Crippen molar-refractivity contribution in [2.75, 3.05) is 18.4 Å². The highest BCUT2D eigenvalue weighted by atomic mass is 35.5. The number of benzene rings is 1. The number of carbonyl (C=O) groups is 2. The summed E-state index contributed by atoms with van der Waals surface area (Å²) in [7, 11) is 0. The zero-order valence-electron chi connectivity index (χ0n) is 13.6. The number of amides is 3. The third-order valence-electron chi connectivity index (χ3n) is 4.16. The molecule has 130 valence electrons. The van der Waals surface area contributed by atoms with Gasteiger partial charge in [-0.3, -0.25) is 9.78 Å². The van der Waals surface area contributed by atoms with Crippen LogP contribution in [0.25, 0.3) is 0 Å². The van der Waals surface area contributed by atoms with Crippen LogP contribution in [-0.2, 0) is 0 Å². The Balaban J connectivity index is 1.47. The van der Waals surface area contributed by atoms with Crippen LogP contribution in [-0.4, -0.2) is 41.0 Å². The number of urea groups is 1. The minimum atomic E-state index is -0.138. The summed E-state index contributed by atoms with van der Waals surface area (Å²) in [5, 5.41) is 6.49. The van der Waals surface area contributed by atoms with E-state index in [-0.39, 0.29) is 18.0 Å². The number of nitrogens with zero attached hydrogens (tertiary/aromatic N) is 2. The molecule has 2 heterocycles. The lowest BCUT2D eigenvalue weighted by Gasteiger charge is -2.32. The maximum atomic E-state index is 12.3. The predicted octanol–water partition coefficient (Wildman–Crippen LogP) is 3.16. The average Bonchev–Trinajstić information content (AvgIpc) is 2.65. The SMILES string of the molecule is O=C(NC1CCN(C(=O)Nc2ccc(Cl)cc2)CC1)c1ccncc1. The van der Waals surface area contributed by atoms with Gasteiger partial charge in [-0.2, -0.15) is 0 Å². The van der Waals surface area contributed by atoms with Crippen LogP contribution >= 0.6 is 11.6 Å². The van der Waals surface area contributed by atoms with Crippen molar-refractivity contribution in [3.05, 3.63) is 59.4 Å². The maximum Gasteiger partial charge on any atom is 0.321 e. The van der Waals surface area contributed by atoms with E-state index < -0.39 is 0 Å². The molecule has 2 N–H and O–H groups in total. The highest BCUT2D eigenvalue weighted by molar-refractivity contribution is 6.30. The largest absolute Gasteiger partial charge is 0.349 e. The molecule has 1 fully saturated rings. The van der Waals surface area contributed by atoms with E-state index in [0.717, 1.165) is 12.8 Å². The Labute approximate surface area is 151 Å². The van der Waals surface area contributed by atoms with E-state index in [9.17, 15) is 9.59 Å². The molecular formula is C18H19ClN4O2. The van der Waals surface area contributed by atoms with Crippen LogP contribution in [0.1, 0.15) is 23.2 Å². The Morgan fingerprint density at radius 1 is 1.04 bits per heavy atom. The van der Waals surface area contributed by atoms with E-state index >= 15 is 0 Å². The van der Waals surface area contributed by atoms with Gasteiger partial charge in [-0.05, 0) is 49.2 Å². The third-order valence-corrected chi connectivity index (χ3v) is 4.41. The molecule has 1 aliphatic rings. The number of nitrogens with one attached hydrogen (secondary N) is 2. The zero-order valence-corrected chi connectivity index (χ0v) is 14.4. The summed E-state index contributed by atoms with van der Waals surface area (Å²) in [6.07, 6.45) is 4.65. The van der Waals surface area contributed by atoms with Crippen molar-refractivity contribution in [2.45, 2.75) is 18.9 Å². The monoisotopic (exact) mass is 358 g/mol. The molecule has 1 saturated heterocycles. The van der Waals surface area contributed by atoms with Crippen LogP contribution in [0, 0.1) is 0 Å². The number of rotatable bonds is 3. The van der Waals surface area contributed by atoms with Gasteiger partial charge < -0.3 is 15.5 Å². The first-order valence-electron chi connectivity index (χ1n) is 8.14. The minimum absolute atomic E-state index is 0.0697. The topological polar surface area (TPSA) is 74.3 Å². The lowest BCUT2D eigenvalue weighted by molar-refractivity contribution is 0.0919. The van der Waals surface area contributed by atoms with Gasteiger partial charge in [0.25, 0.3) is 5.91 Å². The van der Waals surface area contributed by atoms with Gasteiger partial charge in [-0.15, -0.1) is 0 Å². The maximum absolute atomic E-state index is 12.3. The minimum Gasteiger partial charge on any atom is -0.349 e. The summed E-state index contributed by atoms with van der Waals surface area (Å²) in [6, 6.07) is 10.3. The first-order chi connectivity index (χ1) is 12.1. The van der Waals surface area contributed by atoms with Crippen LogP contribution in [0.5, 0.6) is 0 Å². The Morgan fingerprint density at radius 2 is 1.68 bits per heavy atom. The number of hydrogen-bond acceptors (Lipinski definition) is 3. The highest BCUT2D eigenvalue weighted by Crippen LogP contribution is 2.16. The lowest BCUT2D eigenvalue weighted by Crippen LogP contribution is -2.47. The van der Waals surface area contributed by atoms with Gasteiger partial charge in [0.05, 0.1) is 0 Å². The summed E-state index contributed by atoms with van der Waals surface area (Å²) < 4.78 is 0. The van der Waals surface area contributed by atoms with Gasteiger partial charge in [-0.1, -0.05) is 11.6 Å². The van der Waals surface area contributed by atoms with Crippen molar-refractivity contribution in [2.24, 2.45) is 0 Å². The molecular weight excluding hydrogens is 340 g/mol. The number of piperidine rings is 1. The molecule has 0 atom stereocenters. The van der Waals surface area contributed by atoms with Crippen molar-refractivity contribution >= 4 is 29.2 Å². The molecule has 3 amide bonds. The Kier molecular flexibility index (Phi) is 5.50. The molecule has 0 bridgehead atoms. The number of carbonyl (C=O) groups excluding carboxylic acids is 2. The second-order valence-electron chi connectivity index (χ2n) is 5.91. The summed E-state index contributed by atoms with van der Waals surface area (Å²) in [5.41, 5.74) is 1.31. The second kappa shape index (κ2) is 7.98. The van der Waals surface area contributed by atoms with Crippen LogP contribution in [0.4, 0.5) is 10.5 Å². The molecule has 0 spiro atoms. The van der Waals surface area contributed by atoms with Gasteiger partial charge >= 0.3 is 6.03 Å². The summed E-state index contributed by atoms with van der Waals surface area (Å²) in [4.78, 5) is 30.1. The summed E-state index contributed by atoms with van der Waals surface area (Å²) in [5.74, 6) is -0.105. The van der Waals surface area contributed by atoms with Crippen LogP contribution in [0.2, 0.25) is 5.02 Å². The van der Waals surface area contributed by atoms with Gasteiger partial charge in [0.2, 0.25) is 0 Å². The Hall–Kier alpha value is -2.60. The van der Waals surface area contributed by atoms with Crippen LogP contribution < -0.4 is 10.6 Å². The molecule has 1 aromatic carbocycles. The highest BCUT2D eigenvalue weighted by Gasteiger charge is 2.24. The molecule has 7 heteroatoms. The van der Waals surface area contributed by atoms with Crippen LogP contribution in [0.15, 0.2) is 48.8 Å². The Bertz CT molecular complexity index is 729. The Morgan fingerprint density at radius 3 is 2.32 bits per heavy atom. The first kappa shape index (κ1) is 17.2. The second-order valence-corrected chi connectivity index (χ2v) is 6.34. The lowest BCUT2D eigenvalue weighted by atomic mass is 10.0. The standard InChI is InChI=1S/C18H19ClN4O2/c19-14-1-3-15(4-2-14)22-18(25)23-11-7-16(8-12-23)21-17(24)13-5-9-20-10-6-13/h1-6,9-10,16H,7-8,11-12H2,(H,21,24)(H,22,25). The van der Waals surface area contributed by atoms with Crippen molar-refractivity contribution in [3.8, 4) is 0 Å². The zero-order chi connectivity index (χ0) is 17.6. The van der Waals surface area contributed by atoms with E-state index in [2.05, 4.69) is 15.6 Å². The number of pyridine rings is 1. The van der Waals surface area contributed by atoms with E-state index in [0.29, 0.717) is 29.4 Å². The number of likely N-dealkylation sites (tertiary alicyclic amines) is 1. The number of anilines is 1. The fourth-order valence-corrected chi connectivity index (χ4v) is 2.86. The fraction of sp³-hybridized carbons (Fsp3) is 0.278. The molecule has 1 aromatic heterocycles. The van der Waals surface area contributed by atoms with Gasteiger partial charge in [0, 0.05) is 47.8 Å². The van der Waals surface area contributed by atoms with E-state index in [1.807, 2.05) is 0 Å². The number of aromatic nitrogens is 1. The van der Waals surface area contributed by atoms with Gasteiger partial charge in [-0.25, -0.2) is 4.79 Å². The van der Waals surface area contributed by atoms with Gasteiger partial charge in [0.1, 0.15) is 0 Å². The molecule has 1 aliphatic heterocycles. The summed E-state index contributed by atoms with van der Waals surface area (Å²) >= 11 is 5.84. The quantitative estimate of drug-likeness (QED) is 0.885.